The Hall–Kier alpha value is 0.210. The average molecular weight is 233 g/mol. The molecule has 0 spiro atoms. The first kappa shape index (κ1) is 11.3. The molecule has 3 heteroatoms. The summed E-state index contributed by atoms with van der Waals surface area (Å²) >= 11 is 0. The molecule has 0 atom stereocenters. The van der Waals surface area contributed by atoms with Crippen LogP contribution in [0.4, 0.5) is 0 Å². The Kier molecular flexibility index (Phi) is 4.02. The Morgan fingerprint density at radius 3 is 2.00 bits per heavy atom. The van der Waals surface area contributed by atoms with Crippen molar-refractivity contribution in [1.82, 2.24) is 0 Å². The van der Waals surface area contributed by atoms with E-state index in [4.69, 9.17) is 10.7 Å². The quantitative estimate of drug-likeness (QED) is 0.667. The van der Waals surface area contributed by atoms with Crippen molar-refractivity contribution in [3.05, 3.63) is 29.8 Å². The van der Waals surface area contributed by atoms with Gasteiger partial charge in [0.25, 0.3) is 0 Å². The smallest absolute Gasteiger partial charge is 0.0194 e. The number of benzene rings is 1. The van der Waals surface area contributed by atoms with Crippen LogP contribution in [0.5, 0.6) is 0 Å². The maximum atomic E-state index is 5.55. The predicted octanol–water partition coefficient (Wildman–Crippen LogP) is 4.88. The minimum absolute atomic E-state index is 0.233. The Labute approximate surface area is 92.3 Å². The number of halogens is 1. The molecule has 0 radical (unpaired) electrons. The van der Waals surface area contributed by atoms with Crippen LogP contribution in [-0.2, 0) is 5.41 Å². The largest absolute Gasteiger partial charge is 0.0574 e. The van der Waals surface area contributed by atoms with Crippen molar-refractivity contribution in [3.8, 4) is 0 Å². The first-order chi connectivity index (χ1) is 6.04. The molecule has 1 rings (SSSR count). The summed E-state index contributed by atoms with van der Waals surface area (Å²) in [5.41, 5.74) is 1.59. The van der Waals surface area contributed by atoms with Gasteiger partial charge in [-0.15, -0.1) is 0 Å². The second-order valence-corrected chi connectivity index (χ2v) is 6.70. The lowest BCUT2D eigenvalue weighted by Crippen LogP contribution is -2.10. The lowest BCUT2D eigenvalue weighted by atomic mass is 9.87. The van der Waals surface area contributed by atoms with Gasteiger partial charge in [-0.05, 0) is 44.6 Å². The van der Waals surface area contributed by atoms with E-state index in [0.717, 1.165) is 0 Å². The topological polar surface area (TPSA) is 0 Å². The fourth-order valence-corrected chi connectivity index (χ4v) is 2.57. The molecule has 13 heavy (non-hydrogen) atoms. The Morgan fingerprint density at radius 1 is 1.08 bits per heavy atom. The highest BCUT2D eigenvalue weighted by Crippen LogP contribution is 2.34. The predicted molar refractivity (Wildman–Crippen MR) is 64.4 cm³/mol. The van der Waals surface area contributed by atoms with Crippen molar-refractivity contribution < 1.29 is 0 Å². The molecule has 0 unspecified atom stereocenters. The van der Waals surface area contributed by atoms with E-state index in [1.807, 2.05) is 0 Å². The molecule has 0 aromatic heterocycles. The fraction of sp³-hybridized carbons (Fsp3) is 0.400. The van der Waals surface area contributed by atoms with Gasteiger partial charge in [-0.1, -0.05) is 32.9 Å². The van der Waals surface area contributed by atoms with Crippen LogP contribution in [0.2, 0.25) is 0 Å². The molecule has 0 fully saturated rings. The highest BCUT2D eigenvalue weighted by Gasteiger charge is 2.12. The van der Waals surface area contributed by atoms with Crippen molar-refractivity contribution in [2.24, 2.45) is 0 Å². The third-order valence-electron chi connectivity index (χ3n) is 1.85. The summed E-state index contributed by atoms with van der Waals surface area (Å²) in [5, 5.41) is 0. The molecule has 0 heterocycles. The molecular formula is C10H13ClS2. The zero-order chi connectivity index (χ0) is 9.90. The molecule has 0 saturated heterocycles. The molecule has 0 aliphatic rings. The maximum absolute atomic E-state index is 5.55. The monoisotopic (exact) mass is 232 g/mol. The summed E-state index contributed by atoms with van der Waals surface area (Å²) in [6, 6.07) is 8.55. The van der Waals surface area contributed by atoms with E-state index in [2.05, 4.69) is 45.0 Å². The van der Waals surface area contributed by atoms with Crippen LogP contribution in [-0.4, -0.2) is 0 Å². The fourth-order valence-electron chi connectivity index (χ4n) is 1.05. The van der Waals surface area contributed by atoms with Crippen molar-refractivity contribution >= 4 is 31.5 Å². The molecule has 0 bridgehead atoms. The first-order valence-electron chi connectivity index (χ1n) is 4.10. The summed E-state index contributed by atoms with van der Waals surface area (Å²) < 4.78 is 0. The summed E-state index contributed by atoms with van der Waals surface area (Å²) in [6.07, 6.45) is 0. The normalized spacial score (nSPS) is 11.7. The second-order valence-electron chi connectivity index (χ2n) is 3.92. The Balaban J connectivity index is 2.81. The van der Waals surface area contributed by atoms with Crippen LogP contribution < -0.4 is 0 Å². The summed E-state index contributed by atoms with van der Waals surface area (Å²) in [5.74, 6) is 0. The van der Waals surface area contributed by atoms with Gasteiger partial charge in [-0.3, -0.25) is 0 Å². The lowest BCUT2D eigenvalue weighted by molar-refractivity contribution is 0.590. The van der Waals surface area contributed by atoms with E-state index in [-0.39, 0.29) is 5.41 Å². The zero-order valence-corrected chi connectivity index (χ0v) is 10.4. The lowest BCUT2D eigenvalue weighted by Gasteiger charge is -2.18. The number of rotatable bonds is 2. The minimum Gasteiger partial charge on any atom is -0.0574 e. The van der Waals surface area contributed by atoms with Gasteiger partial charge >= 0.3 is 0 Å². The number of hydrogen-bond acceptors (Lipinski definition) is 2. The van der Waals surface area contributed by atoms with E-state index < -0.39 is 0 Å². The van der Waals surface area contributed by atoms with Crippen LogP contribution in [0.25, 0.3) is 0 Å². The molecule has 1 aromatic carbocycles. The molecule has 1 aromatic rings. The summed E-state index contributed by atoms with van der Waals surface area (Å²) in [7, 11) is 8.38. The van der Waals surface area contributed by atoms with E-state index in [1.54, 1.807) is 10.8 Å². The van der Waals surface area contributed by atoms with E-state index in [1.165, 1.54) is 20.5 Å². The highest BCUT2D eigenvalue weighted by molar-refractivity contribution is 8.85. The zero-order valence-electron chi connectivity index (χ0n) is 8.00. The van der Waals surface area contributed by atoms with E-state index in [0.29, 0.717) is 0 Å². The van der Waals surface area contributed by atoms with Crippen molar-refractivity contribution in [3.63, 3.8) is 0 Å². The highest BCUT2D eigenvalue weighted by atomic mass is 35.7. The van der Waals surface area contributed by atoms with Crippen LogP contribution in [0.1, 0.15) is 26.3 Å². The van der Waals surface area contributed by atoms with E-state index in [9.17, 15) is 0 Å². The third kappa shape index (κ3) is 3.45. The van der Waals surface area contributed by atoms with Gasteiger partial charge < -0.3 is 0 Å². The van der Waals surface area contributed by atoms with Gasteiger partial charge in [-0.2, -0.15) is 0 Å². The molecule has 0 saturated carbocycles. The summed E-state index contributed by atoms with van der Waals surface area (Å²) in [6.45, 7) is 6.64. The van der Waals surface area contributed by atoms with Crippen LogP contribution in [0, 0.1) is 0 Å². The van der Waals surface area contributed by atoms with Crippen LogP contribution in [0.15, 0.2) is 29.2 Å². The summed E-state index contributed by atoms with van der Waals surface area (Å²) in [4.78, 5) is 1.20. The Morgan fingerprint density at radius 2 is 1.62 bits per heavy atom. The molecule has 0 nitrogen and oxygen atoms in total. The van der Waals surface area contributed by atoms with Gasteiger partial charge in [0.2, 0.25) is 0 Å². The number of hydrogen-bond donors (Lipinski definition) is 0. The van der Waals surface area contributed by atoms with Crippen molar-refractivity contribution in [2.75, 3.05) is 0 Å². The van der Waals surface area contributed by atoms with Crippen molar-refractivity contribution in [1.29, 1.82) is 0 Å². The average Bonchev–Trinajstić information content (AvgIpc) is 2.04. The molecule has 0 amide bonds. The molecule has 72 valence electrons. The third-order valence-corrected chi connectivity index (χ3v) is 3.71. The molecule has 0 aliphatic heterocycles. The molecule has 0 aliphatic carbocycles. The van der Waals surface area contributed by atoms with Gasteiger partial charge in [0.15, 0.2) is 0 Å². The van der Waals surface area contributed by atoms with Gasteiger partial charge in [0.1, 0.15) is 0 Å². The first-order valence-corrected chi connectivity index (χ1v) is 7.07. The Bertz CT molecular complexity index is 261. The maximum Gasteiger partial charge on any atom is 0.0194 e. The van der Waals surface area contributed by atoms with Crippen molar-refractivity contribution in [2.45, 2.75) is 31.1 Å². The standard InChI is InChI=1S/C10H13ClS2/c1-10(2,3)8-4-6-9(7-5-8)12-13-11/h4-7H,1-3H3. The van der Waals surface area contributed by atoms with Gasteiger partial charge in [-0.25, -0.2) is 0 Å². The minimum atomic E-state index is 0.233. The molecule has 0 N–H and O–H groups in total. The van der Waals surface area contributed by atoms with Crippen LogP contribution >= 0.6 is 31.5 Å². The van der Waals surface area contributed by atoms with E-state index >= 15 is 0 Å². The van der Waals surface area contributed by atoms with Gasteiger partial charge in [0, 0.05) is 14.9 Å². The second kappa shape index (κ2) is 4.63. The van der Waals surface area contributed by atoms with Gasteiger partial charge in [0.05, 0.1) is 0 Å². The SMILES string of the molecule is CC(C)(C)c1ccc(SSCl)cc1. The molecular weight excluding hydrogens is 220 g/mol. The van der Waals surface area contributed by atoms with Crippen LogP contribution in [0.3, 0.4) is 0 Å².